The average Bonchev–Trinajstić information content (AvgIpc) is 2.75. The number of fused-ring (bicyclic) bond motifs is 2. The Kier molecular flexibility index (Phi) is 2.66. The SMILES string of the molecule is Cn1c2c(c3ccccc31)C1(CCCCC1)C1C=CC2CC1. The summed E-state index contributed by atoms with van der Waals surface area (Å²) in [7, 11) is 2.30. The van der Waals surface area contributed by atoms with Gasteiger partial charge in [-0.05, 0) is 43.2 Å². The van der Waals surface area contributed by atoms with Gasteiger partial charge >= 0.3 is 0 Å². The van der Waals surface area contributed by atoms with E-state index >= 15 is 0 Å². The smallest absolute Gasteiger partial charge is 0.0483 e. The van der Waals surface area contributed by atoms with Crippen LogP contribution in [-0.2, 0) is 12.5 Å². The molecule has 1 saturated carbocycles. The summed E-state index contributed by atoms with van der Waals surface area (Å²) in [6, 6.07) is 9.13. The van der Waals surface area contributed by atoms with Crippen LogP contribution in [0.3, 0.4) is 0 Å². The van der Waals surface area contributed by atoms with E-state index in [1.807, 2.05) is 0 Å². The van der Waals surface area contributed by atoms with E-state index in [-0.39, 0.29) is 0 Å². The van der Waals surface area contributed by atoms with Gasteiger partial charge in [-0.15, -0.1) is 0 Å². The molecule has 6 rings (SSSR count). The maximum Gasteiger partial charge on any atom is 0.0483 e. The molecule has 0 aliphatic heterocycles. The molecule has 2 unspecified atom stereocenters. The van der Waals surface area contributed by atoms with Crippen molar-refractivity contribution >= 4 is 10.9 Å². The Balaban J connectivity index is 1.89. The summed E-state index contributed by atoms with van der Waals surface area (Å²) in [5.41, 5.74) is 5.25. The molecule has 1 spiro atoms. The molecule has 114 valence electrons. The monoisotopic (exact) mass is 291 g/mol. The summed E-state index contributed by atoms with van der Waals surface area (Å²) >= 11 is 0. The predicted octanol–water partition coefficient (Wildman–Crippen LogP) is 5.44. The first-order chi connectivity index (χ1) is 10.8. The van der Waals surface area contributed by atoms with Crippen LogP contribution in [0.4, 0.5) is 0 Å². The Morgan fingerprint density at radius 3 is 2.59 bits per heavy atom. The minimum Gasteiger partial charge on any atom is -0.347 e. The molecular weight excluding hydrogens is 266 g/mol. The van der Waals surface area contributed by atoms with E-state index in [2.05, 4.69) is 48.0 Å². The second kappa shape index (κ2) is 4.50. The van der Waals surface area contributed by atoms with Crippen molar-refractivity contribution in [3.8, 4) is 0 Å². The minimum absolute atomic E-state index is 0.427. The van der Waals surface area contributed by atoms with Crippen LogP contribution < -0.4 is 0 Å². The van der Waals surface area contributed by atoms with Crippen LogP contribution >= 0.6 is 0 Å². The van der Waals surface area contributed by atoms with Crippen molar-refractivity contribution in [1.82, 2.24) is 4.57 Å². The summed E-state index contributed by atoms with van der Waals surface area (Å²) in [5, 5.41) is 1.54. The largest absolute Gasteiger partial charge is 0.347 e. The molecule has 1 heteroatoms. The van der Waals surface area contributed by atoms with Gasteiger partial charge in [-0.2, -0.15) is 0 Å². The van der Waals surface area contributed by atoms with Gasteiger partial charge in [0.15, 0.2) is 0 Å². The van der Waals surface area contributed by atoms with Crippen LogP contribution in [0, 0.1) is 5.92 Å². The van der Waals surface area contributed by atoms with E-state index < -0.39 is 0 Å². The van der Waals surface area contributed by atoms with Crippen LogP contribution in [0.1, 0.15) is 62.1 Å². The van der Waals surface area contributed by atoms with Crippen LogP contribution in [0.25, 0.3) is 10.9 Å². The van der Waals surface area contributed by atoms with Gasteiger partial charge in [0.05, 0.1) is 0 Å². The van der Waals surface area contributed by atoms with E-state index in [1.165, 1.54) is 50.5 Å². The standard InChI is InChI=1S/C21H25N/c1-22-18-8-4-3-7-17(18)19-20(22)15-9-11-16(12-10-15)21(19)13-5-2-6-14-21/h3-4,7-9,11,15-16H,2,5-6,10,12-14H2,1H3. The average molecular weight is 291 g/mol. The zero-order chi connectivity index (χ0) is 14.7. The van der Waals surface area contributed by atoms with E-state index in [0.717, 1.165) is 5.92 Å². The van der Waals surface area contributed by atoms with E-state index in [9.17, 15) is 0 Å². The molecule has 1 heterocycles. The number of hydrogen-bond donors (Lipinski definition) is 0. The van der Waals surface area contributed by atoms with Gasteiger partial charge in [0.1, 0.15) is 0 Å². The first-order valence-corrected chi connectivity index (χ1v) is 9.07. The van der Waals surface area contributed by atoms with Crippen molar-refractivity contribution in [2.45, 2.75) is 56.3 Å². The van der Waals surface area contributed by atoms with Gasteiger partial charge in [0.25, 0.3) is 0 Å². The lowest BCUT2D eigenvalue weighted by Crippen LogP contribution is -2.36. The summed E-state index contributed by atoms with van der Waals surface area (Å²) in [4.78, 5) is 0. The summed E-state index contributed by atoms with van der Waals surface area (Å²) in [6.45, 7) is 0. The molecule has 0 saturated heterocycles. The van der Waals surface area contributed by atoms with Crippen LogP contribution in [0.15, 0.2) is 36.4 Å². The Bertz CT molecular complexity index is 758. The fourth-order valence-electron chi connectivity index (χ4n) is 5.87. The molecule has 0 N–H and O–H groups in total. The van der Waals surface area contributed by atoms with E-state index in [1.54, 1.807) is 16.6 Å². The molecule has 4 aliphatic carbocycles. The zero-order valence-electron chi connectivity index (χ0n) is 13.5. The first kappa shape index (κ1) is 13.0. The number of para-hydroxylation sites is 1. The Morgan fingerprint density at radius 2 is 1.82 bits per heavy atom. The highest BCUT2D eigenvalue weighted by Gasteiger charge is 2.47. The van der Waals surface area contributed by atoms with Gasteiger partial charge in [-0.3, -0.25) is 0 Å². The molecule has 0 amide bonds. The van der Waals surface area contributed by atoms with Gasteiger partial charge in [0.2, 0.25) is 0 Å². The number of aryl methyl sites for hydroxylation is 1. The van der Waals surface area contributed by atoms with Crippen molar-refractivity contribution in [2.24, 2.45) is 13.0 Å². The van der Waals surface area contributed by atoms with Crippen LogP contribution in [0.5, 0.6) is 0 Å². The highest BCUT2D eigenvalue weighted by atomic mass is 15.0. The molecule has 2 aromatic rings. The number of rotatable bonds is 0. The topological polar surface area (TPSA) is 4.93 Å². The number of hydrogen-bond acceptors (Lipinski definition) is 0. The van der Waals surface area contributed by atoms with Crippen molar-refractivity contribution in [2.75, 3.05) is 0 Å². The van der Waals surface area contributed by atoms with Crippen molar-refractivity contribution in [3.63, 3.8) is 0 Å². The van der Waals surface area contributed by atoms with Crippen molar-refractivity contribution in [3.05, 3.63) is 47.7 Å². The second-order valence-electron chi connectivity index (χ2n) is 7.73. The van der Waals surface area contributed by atoms with Crippen LogP contribution in [-0.4, -0.2) is 4.57 Å². The highest BCUT2D eigenvalue weighted by Crippen LogP contribution is 2.57. The number of aromatic nitrogens is 1. The third kappa shape index (κ3) is 1.50. The molecular formula is C21H25N. The van der Waals surface area contributed by atoms with Gasteiger partial charge in [-0.25, -0.2) is 0 Å². The molecule has 1 aromatic heterocycles. The van der Waals surface area contributed by atoms with Crippen molar-refractivity contribution in [1.29, 1.82) is 0 Å². The quantitative estimate of drug-likeness (QED) is 0.569. The molecule has 1 nitrogen and oxygen atoms in total. The molecule has 4 aliphatic rings. The van der Waals surface area contributed by atoms with Gasteiger partial charge < -0.3 is 4.57 Å². The lowest BCUT2D eigenvalue weighted by atomic mass is 9.61. The molecule has 1 aromatic carbocycles. The van der Waals surface area contributed by atoms with Gasteiger partial charge in [-0.1, -0.05) is 49.6 Å². The zero-order valence-corrected chi connectivity index (χ0v) is 13.5. The van der Waals surface area contributed by atoms with E-state index in [0.29, 0.717) is 11.3 Å². The normalized spacial score (nSPS) is 29.0. The summed E-state index contributed by atoms with van der Waals surface area (Å²) < 4.78 is 2.52. The number of allylic oxidation sites excluding steroid dienone is 2. The predicted molar refractivity (Wildman–Crippen MR) is 92.3 cm³/mol. The second-order valence-corrected chi connectivity index (χ2v) is 7.73. The Labute approximate surface area is 133 Å². The number of benzene rings is 1. The Hall–Kier alpha value is -1.50. The Morgan fingerprint density at radius 1 is 1.00 bits per heavy atom. The molecule has 2 atom stereocenters. The summed E-state index contributed by atoms with van der Waals surface area (Å²) in [6.07, 6.45) is 14.9. The van der Waals surface area contributed by atoms with E-state index in [4.69, 9.17) is 0 Å². The molecule has 2 bridgehead atoms. The third-order valence-electron chi connectivity index (χ3n) is 6.82. The van der Waals surface area contributed by atoms with Crippen molar-refractivity contribution < 1.29 is 0 Å². The third-order valence-corrected chi connectivity index (χ3v) is 6.82. The van der Waals surface area contributed by atoms with Gasteiger partial charge in [0, 0.05) is 35.0 Å². The maximum atomic E-state index is 2.59. The highest BCUT2D eigenvalue weighted by molar-refractivity contribution is 5.87. The fourth-order valence-corrected chi connectivity index (χ4v) is 5.87. The fraction of sp³-hybridized carbons (Fsp3) is 0.524. The lowest BCUT2D eigenvalue weighted by Gasteiger charge is -2.42. The summed E-state index contributed by atoms with van der Waals surface area (Å²) in [5.74, 6) is 1.42. The molecule has 0 radical (unpaired) electrons. The molecule has 1 fully saturated rings. The minimum atomic E-state index is 0.427. The number of nitrogens with zero attached hydrogens (tertiary/aromatic N) is 1. The first-order valence-electron chi connectivity index (χ1n) is 9.07. The maximum absolute atomic E-state index is 2.59. The lowest BCUT2D eigenvalue weighted by molar-refractivity contribution is 0.216. The van der Waals surface area contributed by atoms with Crippen LogP contribution in [0.2, 0.25) is 0 Å². The molecule has 22 heavy (non-hydrogen) atoms.